The highest BCUT2D eigenvalue weighted by Gasteiger charge is 2.13. The topological polar surface area (TPSA) is 12.9 Å². The molecule has 2 rings (SSSR count). The second kappa shape index (κ2) is 5.57. The average Bonchev–Trinajstić information content (AvgIpc) is 2.28. The fraction of sp³-hybridized carbons (Fsp3) is 0.0833. The molecule has 0 atom stereocenters. The molecule has 0 N–H and O–H groups in total. The van der Waals surface area contributed by atoms with Gasteiger partial charge in [0.25, 0.3) is 0 Å². The molecule has 0 aliphatic heterocycles. The van der Waals surface area contributed by atoms with E-state index in [-0.39, 0.29) is 0 Å². The Hall–Kier alpha value is -0.280. The lowest BCUT2D eigenvalue weighted by Crippen LogP contribution is -1.92. The highest BCUT2D eigenvalue weighted by molar-refractivity contribution is 9.08. The zero-order valence-electron chi connectivity index (χ0n) is 8.55. The van der Waals surface area contributed by atoms with Crippen molar-refractivity contribution in [3.63, 3.8) is 0 Å². The minimum absolute atomic E-state index is 0.356. The third-order valence-corrected chi connectivity index (χ3v) is 3.74. The van der Waals surface area contributed by atoms with E-state index in [4.69, 9.17) is 34.8 Å². The van der Waals surface area contributed by atoms with E-state index in [0.29, 0.717) is 20.7 Å². The molecule has 0 aliphatic rings. The Labute approximate surface area is 123 Å². The Balaban J connectivity index is 2.70. The van der Waals surface area contributed by atoms with Gasteiger partial charge in [-0.1, -0.05) is 68.9 Å². The Morgan fingerprint density at radius 3 is 2.41 bits per heavy atom. The van der Waals surface area contributed by atoms with E-state index >= 15 is 0 Å². The smallest absolute Gasteiger partial charge is 0.135 e. The minimum Gasteiger partial charge on any atom is -0.224 e. The number of hydrogen-bond donors (Lipinski definition) is 0. The van der Waals surface area contributed by atoms with E-state index < -0.39 is 0 Å². The van der Waals surface area contributed by atoms with Crippen molar-refractivity contribution >= 4 is 50.7 Å². The van der Waals surface area contributed by atoms with Crippen molar-refractivity contribution in [2.75, 3.05) is 0 Å². The maximum Gasteiger partial charge on any atom is 0.135 e. The molecule has 1 heterocycles. The molecular weight excluding hydrogens is 344 g/mol. The highest BCUT2D eigenvalue weighted by Crippen LogP contribution is 2.35. The first-order chi connectivity index (χ1) is 8.13. The summed E-state index contributed by atoms with van der Waals surface area (Å²) in [4.78, 5) is 4.02. The Kier molecular flexibility index (Phi) is 4.31. The second-order valence-corrected chi connectivity index (χ2v) is 5.09. The molecule has 1 nitrogen and oxygen atoms in total. The first-order valence-electron chi connectivity index (χ1n) is 4.79. The third kappa shape index (κ3) is 2.76. The molecule has 17 heavy (non-hydrogen) atoms. The Bertz CT molecular complexity index is 557. The van der Waals surface area contributed by atoms with Crippen molar-refractivity contribution < 1.29 is 0 Å². The van der Waals surface area contributed by atoms with Gasteiger partial charge in [-0.2, -0.15) is 0 Å². The summed E-state index contributed by atoms with van der Waals surface area (Å²) in [6.45, 7) is 0. The van der Waals surface area contributed by atoms with Crippen molar-refractivity contribution in [3.8, 4) is 11.1 Å². The number of rotatable bonds is 2. The van der Waals surface area contributed by atoms with Crippen LogP contribution in [0, 0.1) is 0 Å². The monoisotopic (exact) mass is 349 g/mol. The lowest BCUT2D eigenvalue weighted by atomic mass is 10.0. The summed E-state index contributed by atoms with van der Waals surface area (Å²) in [6, 6.07) is 9.32. The van der Waals surface area contributed by atoms with Gasteiger partial charge in [0.1, 0.15) is 10.3 Å². The Morgan fingerprint density at radius 1 is 1.06 bits per heavy atom. The zero-order chi connectivity index (χ0) is 12.4. The molecule has 5 heteroatoms. The number of alkyl halides is 1. The zero-order valence-corrected chi connectivity index (χ0v) is 12.4. The van der Waals surface area contributed by atoms with Crippen LogP contribution in [-0.2, 0) is 5.33 Å². The van der Waals surface area contributed by atoms with Gasteiger partial charge in [-0.15, -0.1) is 0 Å². The van der Waals surface area contributed by atoms with Crippen LogP contribution in [0.25, 0.3) is 11.1 Å². The van der Waals surface area contributed by atoms with Crippen molar-refractivity contribution in [1.82, 2.24) is 4.98 Å². The summed E-state index contributed by atoms with van der Waals surface area (Å²) in [5, 5.41) is 2.00. The Morgan fingerprint density at radius 2 is 1.76 bits per heavy atom. The molecule has 1 aromatic heterocycles. The summed E-state index contributed by atoms with van der Waals surface area (Å²) in [6.07, 6.45) is 0. The van der Waals surface area contributed by atoms with Crippen LogP contribution in [0.15, 0.2) is 30.3 Å². The standard InChI is InChI=1S/C12H7BrCl3N/c13-6-9-8(5-11(15)17-12(9)16)7-3-1-2-4-10(7)14/h1-5H,6H2. The third-order valence-electron chi connectivity index (χ3n) is 2.34. The molecule has 0 bridgehead atoms. The second-order valence-electron chi connectivity index (χ2n) is 3.38. The van der Waals surface area contributed by atoms with Gasteiger partial charge < -0.3 is 0 Å². The van der Waals surface area contributed by atoms with E-state index in [1.54, 1.807) is 6.07 Å². The van der Waals surface area contributed by atoms with Crippen LogP contribution in [0.5, 0.6) is 0 Å². The summed E-state index contributed by atoms with van der Waals surface area (Å²) >= 11 is 21.6. The van der Waals surface area contributed by atoms with Crippen molar-refractivity contribution in [2.45, 2.75) is 5.33 Å². The number of hydrogen-bond acceptors (Lipinski definition) is 1. The number of benzene rings is 1. The highest BCUT2D eigenvalue weighted by atomic mass is 79.9. The summed E-state index contributed by atoms with van der Waals surface area (Å²) in [5.74, 6) is 0. The van der Waals surface area contributed by atoms with Gasteiger partial charge in [-0.25, -0.2) is 4.98 Å². The molecule has 0 saturated heterocycles. The van der Waals surface area contributed by atoms with Crippen LogP contribution in [0.4, 0.5) is 0 Å². The molecule has 88 valence electrons. The number of nitrogens with zero attached hydrogens (tertiary/aromatic N) is 1. The number of pyridine rings is 1. The SMILES string of the molecule is Clc1cc(-c2ccccc2Cl)c(CBr)c(Cl)n1. The summed E-state index contributed by atoms with van der Waals surface area (Å²) in [5.41, 5.74) is 2.68. The normalized spacial score (nSPS) is 10.6. The van der Waals surface area contributed by atoms with E-state index in [9.17, 15) is 0 Å². The molecule has 0 aliphatic carbocycles. The van der Waals surface area contributed by atoms with Gasteiger partial charge in [-0.3, -0.25) is 0 Å². The maximum absolute atomic E-state index is 6.17. The molecule has 2 aromatic rings. The fourth-order valence-electron chi connectivity index (χ4n) is 1.56. The predicted octanol–water partition coefficient (Wildman–Crippen LogP) is 5.60. The fourth-order valence-corrected chi connectivity index (χ4v) is 3.02. The van der Waals surface area contributed by atoms with Crippen LogP contribution in [-0.4, -0.2) is 4.98 Å². The van der Waals surface area contributed by atoms with Gasteiger partial charge in [0.15, 0.2) is 0 Å². The van der Waals surface area contributed by atoms with Crippen LogP contribution >= 0.6 is 50.7 Å². The summed E-state index contributed by atoms with van der Waals surface area (Å²) in [7, 11) is 0. The van der Waals surface area contributed by atoms with E-state index in [2.05, 4.69) is 20.9 Å². The molecule has 0 saturated carbocycles. The summed E-state index contributed by atoms with van der Waals surface area (Å²) < 4.78 is 0. The van der Waals surface area contributed by atoms with Crippen molar-refractivity contribution in [3.05, 3.63) is 51.2 Å². The first kappa shape index (κ1) is 13.2. The average molecular weight is 351 g/mol. The number of aromatic nitrogens is 1. The molecule has 0 unspecified atom stereocenters. The van der Waals surface area contributed by atoms with Crippen molar-refractivity contribution in [2.24, 2.45) is 0 Å². The van der Waals surface area contributed by atoms with Crippen LogP contribution in [0.1, 0.15) is 5.56 Å². The quantitative estimate of drug-likeness (QED) is 0.507. The first-order valence-corrected chi connectivity index (χ1v) is 7.05. The maximum atomic E-state index is 6.17. The van der Waals surface area contributed by atoms with Crippen LogP contribution in [0.3, 0.4) is 0 Å². The van der Waals surface area contributed by atoms with Crippen LogP contribution < -0.4 is 0 Å². The van der Waals surface area contributed by atoms with E-state index in [0.717, 1.165) is 16.7 Å². The lowest BCUT2D eigenvalue weighted by molar-refractivity contribution is 1.26. The number of halogens is 4. The van der Waals surface area contributed by atoms with Gasteiger partial charge in [0.05, 0.1) is 0 Å². The van der Waals surface area contributed by atoms with Gasteiger partial charge in [0.2, 0.25) is 0 Å². The minimum atomic E-state index is 0.356. The van der Waals surface area contributed by atoms with Crippen LogP contribution in [0.2, 0.25) is 15.3 Å². The molecule has 0 radical (unpaired) electrons. The van der Waals surface area contributed by atoms with Gasteiger partial charge in [0, 0.05) is 21.5 Å². The molecule has 0 amide bonds. The molecule has 1 aromatic carbocycles. The molecule has 0 fully saturated rings. The predicted molar refractivity (Wildman–Crippen MR) is 77.3 cm³/mol. The van der Waals surface area contributed by atoms with Gasteiger partial charge >= 0.3 is 0 Å². The lowest BCUT2D eigenvalue weighted by Gasteiger charge is -2.11. The molecule has 0 spiro atoms. The largest absolute Gasteiger partial charge is 0.224 e. The molecular formula is C12H7BrCl3N. The van der Waals surface area contributed by atoms with E-state index in [1.807, 2.05) is 24.3 Å². The van der Waals surface area contributed by atoms with Gasteiger partial charge in [-0.05, 0) is 17.7 Å². The van der Waals surface area contributed by atoms with Crippen molar-refractivity contribution in [1.29, 1.82) is 0 Å². The van der Waals surface area contributed by atoms with E-state index in [1.165, 1.54) is 0 Å².